The molecule has 0 radical (unpaired) electrons. The van der Waals surface area contributed by atoms with Gasteiger partial charge in [-0.3, -0.25) is 0 Å². The van der Waals surface area contributed by atoms with Gasteiger partial charge in [-0.15, -0.1) is 0 Å². The SMILES string of the molecule is C=C(OC)c1ccc2cccc3ccc(=C)c1c23. The van der Waals surface area contributed by atoms with Gasteiger partial charge in [0.2, 0.25) is 0 Å². The Balaban J connectivity index is 2.59. The first-order valence-corrected chi connectivity index (χ1v) is 5.88. The molecule has 3 aromatic rings. The molecule has 0 amide bonds. The standard InChI is InChI=1S/C17H14O/c1-11-7-8-13-5-4-6-14-9-10-15(12(2)18-3)16(11)17(13)14/h4-10H,1-2H2,3H3. The lowest BCUT2D eigenvalue weighted by molar-refractivity contribution is 0.372. The van der Waals surface area contributed by atoms with E-state index in [4.69, 9.17) is 4.74 Å². The molecule has 1 heteroatoms. The summed E-state index contributed by atoms with van der Waals surface area (Å²) >= 11 is 0. The van der Waals surface area contributed by atoms with Crippen molar-refractivity contribution in [2.75, 3.05) is 7.11 Å². The van der Waals surface area contributed by atoms with Crippen LogP contribution >= 0.6 is 0 Å². The molecule has 0 aromatic heterocycles. The fraction of sp³-hybridized carbons (Fsp3) is 0.0588. The Hall–Kier alpha value is -2.28. The van der Waals surface area contributed by atoms with E-state index in [1.807, 2.05) is 6.07 Å². The van der Waals surface area contributed by atoms with Gasteiger partial charge in [0.1, 0.15) is 5.76 Å². The lowest BCUT2D eigenvalue weighted by Gasteiger charge is -2.12. The predicted octanol–water partition coefficient (Wildman–Crippen LogP) is 3.74. The average Bonchev–Trinajstić information content (AvgIpc) is 2.42. The first kappa shape index (κ1) is 10.8. The molecule has 0 saturated carbocycles. The van der Waals surface area contributed by atoms with Crippen LogP contribution in [0.3, 0.4) is 0 Å². The highest BCUT2D eigenvalue weighted by Crippen LogP contribution is 2.29. The van der Waals surface area contributed by atoms with Gasteiger partial charge in [0.15, 0.2) is 0 Å². The first-order chi connectivity index (χ1) is 8.72. The third kappa shape index (κ3) is 1.41. The molecule has 0 atom stereocenters. The molecule has 0 aliphatic heterocycles. The second kappa shape index (κ2) is 3.88. The fourth-order valence-electron chi connectivity index (χ4n) is 2.50. The molecule has 0 spiro atoms. The Morgan fingerprint density at radius 1 is 0.944 bits per heavy atom. The van der Waals surface area contributed by atoms with Crippen molar-refractivity contribution < 1.29 is 4.74 Å². The summed E-state index contributed by atoms with van der Waals surface area (Å²) in [4.78, 5) is 0. The Bertz CT molecular complexity index is 783. The number of ether oxygens (including phenoxy) is 1. The van der Waals surface area contributed by atoms with Crippen LogP contribution in [0.2, 0.25) is 0 Å². The fourth-order valence-corrected chi connectivity index (χ4v) is 2.50. The topological polar surface area (TPSA) is 9.23 Å². The second-order valence-electron chi connectivity index (χ2n) is 4.42. The highest BCUT2D eigenvalue weighted by Gasteiger charge is 2.09. The molecule has 0 saturated heterocycles. The highest BCUT2D eigenvalue weighted by atomic mass is 16.5. The summed E-state index contributed by atoms with van der Waals surface area (Å²) in [6, 6.07) is 14.6. The van der Waals surface area contributed by atoms with Crippen molar-refractivity contribution in [2.24, 2.45) is 0 Å². The maximum absolute atomic E-state index is 5.28. The minimum Gasteiger partial charge on any atom is -0.497 e. The molecule has 0 unspecified atom stereocenters. The largest absolute Gasteiger partial charge is 0.497 e. The minimum absolute atomic E-state index is 0.679. The molecule has 0 heterocycles. The van der Waals surface area contributed by atoms with Crippen molar-refractivity contribution in [3.05, 3.63) is 59.8 Å². The summed E-state index contributed by atoms with van der Waals surface area (Å²) < 4.78 is 5.28. The third-order valence-corrected chi connectivity index (χ3v) is 3.41. The van der Waals surface area contributed by atoms with Gasteiger partial charge in [-0.1, -0.05) is 55.6 Å². The van der Waals surface area contributed by atoms with Crippen molar-refractivity contribution in [1.29, 1.82) is 0 Å². The van der Waals surface area contributed by atoms with Crippen LogP contribution in [0.25, 0.3) is 33.9 Å². The average molecular weight is 234 g/mol. The normalized spacial score (nSPS) is 10.9. The Morgan fingerprint density at radius 3 is 2.28 bits per heavy atom. The van der Waals surface area contributed by atoms with Crippen LogP contribution < -0.4 is 5.22 Å². The van der Waals surface area contributed by atoms with Crippen molar-refractivity contribution in [3.63, 3.8) is 0 Å². The Kier molecular flexibility index (Phi) is 2.34. The van der Waals surface area contributed by atoms with Crippen molar-refractivity contribution in [3.8, 4) is 0 Å². The molecule has 1 nitrogen and oxygen atoms in total. The van der Waals surface area contributed by atoms with Crippen LogP contribution in [0.1, 0.15) is 5.56 Å². The number of hydrogen-bond acceptors (Lipinski definition) is 1. The van der Waals surface area contributed by atoms with E-state index in [1.54, 1.807) is 7.11 Å². The monoisotopic (exact) mass is 234 g/mol. The summed E-state index contributed by atoms with van der Waals surface area (Å²) in [5.74, 6) is 0.679. The van der Waals surface area contributed by atoms with Crippen molar-refractivity contribution in [1.82, 2.24) is 0 Å². The number of benzene rings is 3. The van der Waals surface area contributed by atoms with Gasteiger partial charge in [-0.25, -0.2) is 0 Å². The highest BCUT2D eigenvalue weighted by molar-refractivity contribution is 6.13. The maximum atomic E-state index is 5.28. The van der Waals surface area contributed by atoms with E-state index in [0.717, 1.165) is 16.2 Å². The summed E-state index contributed by atoms with van der Waals surface area (Å²) in [5, 5.41) is 5.83. The Labute approximate surface area is 106 Å². The smallest absolute Gasteiger partial charge is 0.119 e. The predicted molar refractivity (Wildman–Crippen MR) is 78.2 cm³/mol. The van der Waals surface area contributed by atoms with Crippen molar-refractivity contribution >= 4 is 33.9 Å². The molecule has 0 aliphatic carbocycles. The summed E-state index contributed by atoms with van der Waals surface area (Å²) in [6.45, 7) is 8.09. The lowest BCUT2D eigenvalue weighted by atomic mass is 9.95. The zero-order valence-corrected chi connectivity index (χ0v) is 10.4. The lowest BCUT2D eigenvalue weighted by Crippen LogP contribution is -2.03. The van der Waals surface area contributed by atoms with Crippen LogP contribution in [0.4, 0.5) is 0 Å². The summed E-state index contributed by atoms with van der Waals surface area (Å²) in [5.41, 5.74) is 1.02. The molecular formula is C17H14O. The van der Waals surface area contributed by atoms with Gasteiger partial charge in [0.25, 0.3) is 0 Å². The minimum atomic E-state index is 0.679. The van der Waals surface area contributed by atoms with Crippen LogP contribution in [0.5, 0.6) is 0 Å². The van der Waals surface area contributed by atoms with E-state index in [1.165, 1.54) is 16.2 Å². The van der Waals surface area contributed by atoms with Gasteiger partial charge >= 0.3 is 0 Å². The van der Waals surface area contributed by atoms with E-state index in [-0.39, 0.29) is 0 Å². The molecule has 3 rings (SSSR count). The van der Waals surface area contributed by atoms with E-state index in [0.29, 0.717) is 5.76 Å². The maximum Gasteiger partial charge on any atom is 0.119 e. The molecular weight excluding hydrogens is 220 g/mol. The Morgan fingerprint density at radius 2 is 1.61 bits per heavy atom. The quantitative estimate of drug-likeness (QED) is 0.614. The molecule has 3 aromatic carbocycles. The van der Waals surface area contributed by atoms with Crippen LogP contribution in [0.15, 0.2) is 49.0 Å². The molecule has 0 fully saturated rings. The van der Waals surface area contributed by atoms with Gasteiger partial charge < -0.3 is 4.74 Å². The zero-order valence-electron chi connectivity index (χ0n) is 10.4. The number of methoxy groups -OCH3 is 1. The third-order valence-electron chi connectivity index (χ3n) is 3.41. The van der Waals surface area contributed by atoms with E-state index in [2.05, 4.69) is 49.6 Å². The number of rotatable bonds is 2. The second-order valence-corrected chi connectivity index (χ2v) is 4.42. The van der Waals surface area contributed by atoms with E-state index < -0.39 is 0 Å². The molecule has 18 heavy (non-hydrogen) atoms. The molecule has 0 N–H and O–H groups in total. The first-order valence-electron chi connectivity index (χ1n) is 5.88. The molecule has 0 bridgehead atoms. The zero-order chi connectivity index (χ0) is 12.7. The van der Waals surface area contributed by atoms with Gasteiger partial charge in [-0.2, -0.15) is 0 Å². The van der Waals surface area contributed by atoms with Crippen LogP contribution in [0, 0.1) is 0 Å². The van der Waals surface area contributed by atoms with Crippen LogP contribution in [-0.2, 0) is 4.74 Å². The van der Waals surface area contributed by atoms with E-state index in [9.17, 15) is 0 Å². The van der Waals surface area contributed by atoms with Crippen LogP contribution in [-0.4, -0.2) is 7.11 Å². The van der Waals surface area contributed by atoms with Gasteiger partial charge in [0, 0.05) is 10.9 Å². The van der Waals surface area contributed by atoms with E-state index >= 15 is 0 Å². The number of hydrogen-bond donors (Lipinski definition) is 0. The summed E-state index contributed by atoms with van der Waals surface area (Å²) in [7, 11) is 1.65. The van der Waals surface area contributed by atoms with Crippen molar-refractivity contribution in [2.45, 2.75) is 0 Å². The van der Waals surface area contributed by atoms with Gasteiger partial charge in [-0.05, 0) is 21.4 Å². The van der Waals surface area contributed by atoms with Gasteiger partial charge in [0.05, 0.1) is 7.11 Å². The molecule has 0 aliphatic rings. The molecule has 88 valence electrons. The summed E-state index contributed by atoms with van der Waals surface area (Å²) in [6.07, 6.45) is 0.